The van der Waals surface area contributed by atoms with Gasteiger partial charge in [0.25, 0.3) is 0 Å². The van der Waals surface area contributed by atoms with Gasteiger partial charge in [0.15, 0.2) is 0 Å². The SMILES string of the molecule is CCCCCC1CC1CC1CC1CCCCCCCCC(CCCCCCCCC1CC1CC1CC1CCCCC)C(CCN(C)C)C(=O)O. The summed E-state index contributed by atoms with van der Waals surface area (Å²) in [5.74, 6) is 8.39. The average molecular weight is 698 g/mol. The molecule has 9 atom stereocenters. The fourth-order valence-electron chi connectivity index (χ4n) is 10.4. The Hall–Kier alpha value is -0.570. The second-order valence-electron chi connectivity index (χ2n) is 19.2. The highest BCUT2D eigenvalue weighted by molar-refractivity contribution is 5.70. The Morgan fingerprint density at radius 2 is 0.840 bits per heavy atom. The summed E-state index contributed by atoms with van der Waals surface area (Å²) < 4.78 is 0. The summed E-state index contributed by atoms with van der Waals surface area (Å²) in [5, 5.41) is 10.2. The van der Waals surface area contributed by atoms with E-state index in [1.807, 2.05) is 0 Å². The molecule has 50 heavy (non-hydrogen) atoms. The van der Waals surface area contributed by atoms with Gasteiger partial charge >= 0.3 is 5.97 Å². The number of rotatable bonds is 35. The standard InChI is InChI=1S/C47H87NO2/c1-5-7-17-25-38-31-42(38)35-44-33-40(44)27-21-15-11-9-13-19-23-37(46(47(49)50)29-30-48(3)4)24-20-14-10-12-16-22-28-41-34-45(41)36-43-32-39(43)26-18-8-6-2/h37-46H,5-36H2,1-4H3,(H,49,50). The van der Waals surface area contributed by atoms with Crippen molar-refractivity contribution in [3.8, 4) is 0 Å². The van der Waals surface area contributed by atoms with Gasteiger partial charge in [-0.05, 0) is 132 Å². The highest BCUT2D eigenvalue weighted by atomic mass is 16.4. The van der Waals surface area contributed by atoms with Crippen molar-refractivity contribution in [3.63, 3.8) is 0 Å². The lowest BCUT2D eigenvalue weighted by Gasteiger charge is -2.25. The predicted molar refractivity (Wildman–Crippen MR) is 216 cm³/mol. The number of nitrogens with zero attached hydrogens (tertiary/aromatic N) is 1. The van der Waals surface area contributed by atoms with Gasteiger partial charge < -0.3 is 10.0 Å². The van der Waals surface area contributed by atoms with Gasteiger partial charge in [-0.3, -0.25) is 4.79 Å². The molecular weight excluding hydrogens is 611 g/mol. The van der Waals surface area contributed by atoms with Crippen molar-refractivity contribution in [2.45, 2.75) is 213 Å². The molecule has 1 N–H and O–H groups in total. The zero-order chi connectivity index (χ0) is 35.6. The Morgan fingerprint density at radius 3 is 1.18 bits per heavy atom. The lowest BCUT2D eigenvalue weighted by molar-refractivity contribution is -0.144. The third kappa shape index (κ3) is 17.5. The van der Waals surface area contributed by atoms with Crippen LogP contribution < -0.4 is 0 Å². The lowest BCUT2D eigenvalue weighted by Crippen LogP contribution is -2.28. The Bertz CT molecular complexity index is 830. The normalized spacial score (nSPS) is 29.3. The summed E-state index contributed by atoms with van der Waals surface area (Å²) in [6.45, 7) is 5.53. The summed E-state index contributed by atoms with van der Waals surface area (Å²) >= 11 is 0. The number of unbranched alkanes of at least 4 members (excludes halogenated alkanes) is 14. The molecule has 0 heterocycles. The van der Waals surface area contributed by atoms with Crippen molar-refractivity contribution < 1.29 is 9.90 Å². The Balaban J connectivity index is 0.980. The van der Waals surface area contributed by atoms with Crippen LogP contribution in [-0.4, -0.2) is 36.6 Å². The van der Waals surface area contributed by atoms with E-state index in [1.54, 1.807) is 38.5 Å². The molecule has 0 radical (unpaired) electrons. The van der Waals surface area contributed by atoms with Crippen molar-refractivity contribution in [1.82, 2.24) is 4.90 Å². The molecule has 4 aliphatic carbocycles. The zero-order valence-electron chi connectivity index (χ0n) is 34.2. The molecule has 0 aliphatic heterocycles. The minimum atomic E-state index is -0.545. The fourth-order valence-corrected chi connectivity index (χ4v) is 10.4. The lowest BCUT2D eigenvalue weighted by atomic mass is 9.81. The quantitative estimate of drug-likeness (QED) is 0.0670. The van der Waals surface area contributed by atoms with Gasteiger partial charge in [-0.25, -0.2) is 0 Å². The number of aliphatic carboxylic acids is 1. The first-order valence-electron chi connectivity index (χ1n) is 23.3. The zero-order valence-corrected chi connectivity index (χ0v) is 34.2. The van der Waals surface area contributed by atoms with Gasteiger partial charge in [-0.2, -0.15) is 0 Å². The molecule has 0 amide bonds. The molecule has 4 saturated carbocycles. The minimum Gasteiger partial charge on any atom is -0.481 e. The molecule has 0 aromatic rings. The smallest absolute Gasteiger partial charge is 0.306 e. The molecule has 0 aromatic heterocycles. The molecular formula is C47H87NO2. The Labute approximate surface area is 312 Å². The second-order valence-corrected chi connectivity index (χ2v) is 19.2. The molecule has 9 unspecified atom stereocenters. The Morgan fingerprint density at radius 1 is 0.500 bits per heavy atom. The van der Waals surface area contributed by atoms with Crippen LogP contribution in [0.5, 0.6) is 0 Å². The van der Waals surface area contributed by atoms with E-state index in [0.717, 1.165) is 73.2 Å². The van der Waals surface area contributed by atoms with Crippen LogP contribution in [0.15, 0.2) is 0 Å². The predicted octanol–water partition coefficient (Wildman–Crippen LogP) is 14.0. The van der Waals surface area contributed by atoms with Crippen molar-refractivity contribution in [2.24, 2.45) is 59.2 Å². The maximum Gasteiger partial charge on any atom is 0.306 e. The maximum atomic E-state index is 12.4. The van der Waals surface area contributed by atoms with Crippen molar-refractivity contribution >= 4 is 5.97 Å². The van der Waals surface area contributed by atoms with Crippen LogP contribution in [0.1, 0.15) is 213 Å². The molecule has 0 saturated heterocycles. The van der Waals surface area contributed by atoms with Crippen LogP contribution in [0.2, 0.25) is 0 Å². The van der Waals surface area contributed by atoms with E-state index in [9.17, 15) is 9.90 Å². The van der Waals surface area contributed by atoms with Crippen LogP contribution in [-0.2, 0) is 4.79 Å². The van der Waals surface area contributed by atoms with Crippen LogP contribution in [0, 0.1) is 59.2 Å². The third-order valence-corrected chi connectivity index (χ3v) is 14.4. The fraction of sp³-hybridized carbons (Fsp3) is 0.979. The summed E-state index contributed by atoms with van der Waals surface area (Å²) in [6, 6.07) is 0. The number of carboxylic acid groups (broad SMARTS) is 1. The largest absolute Gasteiger partial charge is 0.481 e. The van der Waals surface area contributed by atoms with Crippen LogP contribution >= 0.6 is 0 Å². The van der Waals surface area contributed by atoms with Gasteiger partial charge in [0.05, 0.1) is 5.92 Å². The summed E-state index contributed by atoms with van der Waals surface area (Å²) in [4.78, 5) is 14.5. The molecule has 0 aromatic carbocycles. The number of hydrogen-bond acceptors (Lipinski definition) is 2. The van der Waals surface area contributed by atoms with Crippen LogP contribution in [0.25, 0.3) is 0 Å². The first kappa shape index (κ1) is 42.2. The van der Waals surface area contributed by atoms with Crippen LogP contribution in [0.4, 0.5) is 0 Å². The molecule has 3 nitrogen and oxygen atoms in total. The molecule has 3 heteroatoms. The van der Waals surface area contributed by atoms with E-state index in [0.29, 0.717) is 5.92 Å². The maximum absolute atomic E-state index is 12.4. The summed E-state index contributed by atoms with van der Waals surface area (Å²) in [6.07, 6.45) is 43.2. The van der Waals surface area contributed by atoms with Gasteiger partial charge in [-0.1, -0.05) is 155 Å². The molecule has 4 fully saturated rings. The molecule has 4 aliphatic rings. The molecule has 0 spiro atoms. The summed E-state index contributed by atoms with van der Waals surface area (Å²) in [7, 11) is 4.16. The van der Waals surface area contributed by atoms with E-state index < -0.39 is 5.97 Å². The molecule has 0 bridgehead atoms. The second kappa shape index (κ2) is 24.0. The van der Waals surface area contributed by atoms with E-state index >= 15 is 0 Å². The van der Waals surface area contributed by atoms with Crippen molar-refractivity contribution in [3.05, 3.63) is 0 Å². The van der Waals surface area contributed by atoms with Gasteiger partial charge in [0.1, 0.15) is 0 Å². The van der Waals surface area contributed by atoms with Crippen molar-refractivity contribution in [2.75, 3.05) is 20.6 Å². The number of carbonyl (C=O) groups is 1. The van der Waals surface area contributed by atoms with E-state index in [1.165, 1.54) is 141 Å². The number of carboxylic acids is 1. The first-order chi connectivity index (χ1) is 24.4. The number of hydrogen-bond donors (Lipinski definition) is 1. The average Bonchev–Trinajstić information content (AvgIpc) is 3.91. The van der Waals surface area contributed by atoms with E-state index in [4.69, 9.17) is 0 Å². The highest BCUT2D eigenvalue weighted by Crippen LogP contribution is 2.55. The summed E-state index contributed by atoms with van der Waals surface area (Å²) in [5.41, 5.74) is 0. The van der Waals surface area contributed by atoms with Gasteiger partial charge in [0, 0.05) is 0 Å². The monoisotopic (exact) mass is 698 g/mol. The van der Waals surface area contributed by atoms with E-state index in [2.05, 4.69) is 32.8 Å². The molecule has 292 valence electrons. The third-order valence-electron chi connectivity index (χ3n) is 14.4. The van der Waals surface area contributed by atoms with Gasteiger partial charge in [0.2, 0.25) is 0 Å². The minimum absolute atomic E-state index is 0.167. The van der Waals surface area contributed by atoms with Crippen molar-refractivity contribution in [1.29, 1.82) is 0 Å². The van der Waals surface area contributed by atoms with E-state index in [-0.39, 0.29) is 5.92 Å². The first-order valence-corrected chi connectivity index (χ1v) is 23.3. The Kier molecular flexibility index (Phi) is 20.2. The van der Waals surface area contributed by atoms with Gasteiger partial charge in [-0.15, -0.1) is 0 Å². The molecule has 4 rings (SSSR count). The van der Waals surface area contributed by atoms with Crippen LogP contribution in [0.3, 0.4) is 0 Å². The topological polar surface area (TPSA) is 40.5 Å². The highest BCUT2D eigenvalue weighted by Gasteiger charge is 2.45.